The molecule has 1 heterocycles. The predicted octanol–water partition coefficient (Wildman–Crippen LogP) is 2.63. The van der Waals surface area contributed by atoms with E-state index in [1.807, 2.05) is 38.1 Å². The van der Waals surface area contributed by atoms with E-state index in [0.29, 0.717) is 24.3 Å². The maximum Gasteiger partial charge on any atom is 0.254 e. The van der Waals surface area contributed by atoms with Gasteiger partial charge in [-0.15, -0.1) is 0 Å². The lowest BCUT2D eigenvalue weighted by molar-refractivity contribution is 0.0752. The van der Waals surface area contributed by atoms with Gasteiger partial charge in [0.15, 0.2) is 0 Å². The van der Waals surface area contributed by atoms with Crippen LogP contribution in [-0.4, -0.2) is 22.3 Å². The Hall–Kier alpha value is -2.36. The minimum atomic E-state index is 0.00844. The molecule has 1 aromatic heterocycles. The number of nitrogens with two attached hydrogens (primary N) is 1. The van der Waals surface area contributed by atoms with Gasteiger partial charge in [0, 0.05) is 36.7 Å². The van der Waals surface area contributed by atoms with Gasteiger partial charge in [-0.25, -0.2) is 0 Å². The summed E-state index contributed by atoms with van der Waals surface area (Å²) in [4.78, 5) is 18.4. The van der Waals surface area contributed by atoms with E-state index in [-0.39, 0.29) is 5.91 Å². The lowest BCUT2D eigenvalue weighted by Gasteiger charge is -2.22. The first-order valence-corrected chi connectivity index (χ1v) is 6.66. The second-order valence-electron chi connectivity index (χ2n) is 4.75. The fourth-order valence-corrected chi connectivity index (χ4v) is 2.08. The Labute approximate surface area is 119 Å². The monoisotopic (exact) mass is 269 g/mol. The molecule has 0 aliphatic carbocycles. The van der Waals surface area contributed by atoms with Crippen LogP contribution < -0.4 is 5.73 Å². The van der Waals surface area contributed by atoms with Gasteiger partial charge in [0.25, 0.3) is 5.91 Å². The first kappa shape index (κ1) is 14.1. The van der Waals surface area contributed by atoms with Crippen molar-refractivity contribution in [3.8, 4) is 0 Å². The van der Waals surface area contributed by atoms with Crippen LogP contribution in [-0.2, 0) is 6.54 Å². The molecule has 0 aliphatic rings. The molecule has 0 bridgehead atoms. The van der Waals surface area contributed by atoms with Crippen LogP contribution in [0, 0.1) is 6.92 Å². The van der Waals surface area contributed by atoms with E-state index in [9.17, 15) is 4.79 Å². The highest BCUT2D eigenvalue weighted by Gasteiger charge is 2.16. The van der Waals surface area contributed by atoms with E-state index < -0.39 is 0 Å². The molecule has 4 heteroatoms. The number of rotatable bonds is 4. The van der Waals surface area contributed by atoms with Crippen molar-refractivity contribution in [2.45, 2.75) is 20.4 Å². The molecule has 0 fully saturated rings. The summed E-state index contributed by atoms with van der Waals surface area (Å²) in [5.41, 5.74) is 9.07. The molecule has 0 saturated heterocycles. The van der Waals surface area contributed by atoms with E-state index in [0.717, 1.165) is 11.1 Å². The number of hydrogen-bond acceptors (Lipinski definition) is 3. The predicted molar refractivity (Wildman–Crippen MR) is 80.2 cm³/mol. The smallest absolute Gasteiger partial charge is 0.254 e. The van der Waals surface area contributed by atoms with Gasteiger partial charge in [-0.2, -0.15) is 0 Å². The van der Waals surface area contributed by atoms with E-state index in [2.05, 4.69) is 4.98 Å². The maximum absolute atomic E-state index is 12.6. The molecule has 2 rings (SSSR count). The third-order valence-corrected chi connectivity index (χ3v) is 3.28. The highest BCUT2D eigenvalue weighted by molar-refractivity contribution is 5.96. The van der Waals surface area contributed by atoms with Gasteiger partial charge in [0.1, 0.15) is 0 Å². The maximum atomic E-state index is 12.6. The highest BCUT2D eigenvalue weighted by atomic mass is 16.2. The quantitative estimate of drug-likeness (QED) is 0.868. The Morgan fingerprint density at radius 2 is 1.95 bits per heavy atom. The second kappa shape index (κ2) is 6.19. The summed E-state index contributed by atoms with van der Waals surface area (Å²) in [5, 5.41) is 0. The van der Waals surface area contributed by atoms with Gasteiger partial charge >= 0.3 is 0 Å². The molecule has 2 N–H and O–H groups in total. The Balaban J connectivity index is 2.23. The summed E-state index contributed by atoms with van der Waals surface area (Å²) in [7, 11) is 0. The molecular formula is C16H19N3O. The van der Waals surface area contributed by atoms with Gasteiger partial charge in [0.2, 0.25) is 0 Å². The number of nitrogen functional groups attached to an aromatic ring is 1. The van der Waals surface area contributed by atoms with Crippen molar-refractivity contribution in [1.82, 2.24) is 9.88 Å². The molecule has 1 amide bonds. The normalized spacial score (nSPS) is 10.3. The minimum absolute atomic E-state index is 0.00844. The van der Waals surface area contributed by atoms with Gasteiger partial charge in [-0.05, 0) is 49.2 Å². The molecule has 0 radical (unpaired) electrons. The van der Waals surface area contributed by atoms with Crippen molar-refractivity contribution >= 4 is 11.6 Å². The van der Waals surface area contributed by atoms with Crippen LogP contribution in [0.5, 0.6) is 0 Å². The van der Waals surface area contributed by atoms with Crippen molar-refractivity contribution < 1.29 is 4.79 Å². The average molecular weight is 269 g/mol. The summed E-state index contributed by atoms with van der Waals surface area (Å²) in [5.74, 6) is 0.00844. The highest BCUT2D eigenvalue weighted by Crippen LogP contribution is 2.16. The first-order valence-electron chi connectivity index (χ1n) is 6.66. The molecule has 0 saturated carbocycles. The average Bonchev–Trinajstić information content (AvgIpc) is 2.47. The fourth-order valence-electron chi connectivity index (χ4n) is 2.08. The zero-order chi connectivity index (χ0) is 14.5. The number of aryl methyl sites for hydroxylation is 1. The van der Waals surface area contributed by atoms with E-state index >= 15 is 0 Å². The van der Waals surface area contributed by atoms with Crippen molar-refractivity contribution in [1.29, 1.82) is 0 Å². The van der Waals surface area contributed by atoms with Crippen molar-refractivity contribution in [2.75, 3.05) is 12.3 Å². The zero-order valence-electron chi connectivity index (χ0n) is 11.8. The van der Waals surface area contributed by atoms with Crippen molar-refractivity contribution in [3.63, 3.8) is 0 Å². The topological polar surface area (TPSA) is 59.2 Å². The minimum Gasteiger partial charge on any atom is -0.399 e. The lowest BCUT2D eigenvalue weighted by atomic mass is 10.1. The number of benzene rings is 1. The third kappa shape index (κ3) is 3.15. The molecule has 20 heavy (non-hydrogen) atoms. The van der Waals surface area contributed by atoms with Crippen LogP contribution in [0.1, 0.15) is 28.4 Å². The van der Waals surface area contributed by atoms with Gasteiger partial charge < -0.3 is 10.6 Å². The van der Waals surface area contributed by atoms with Crippen LogP contribution in [0.3, 0.4) is 0 Å². The van der Waals surface area contributed by atoms with Crippen LogP contribution in [0.25, 0.3) is 0 Å². The SMILES string of the molecule is CCN(Cc1ccncc1)C(=O)c1cc(N)ccc1C. The number of pyridine rings is 1. The molecular weight excluding hydrogens is 250 g/mol. The fraction of sp³-hybridized carbons (Fsp3) is 0.250. The van der Waals surface area contributed by atoms with Crippen molar-refractivity contribution in [2.24, 2.45) is 0 Å². The number of carbonyl (C=O) groups is 1. The number of nitrogens with zero attached hydrogens (tertiary/aromatic N) is 2. The van der Waals surface area contributed by atoms with Crippen LogP contribution >= 0.6 is 0 Å². The summed E-state index contributed by atoms with van der Waals surface area (Å²) in [6.07, 6.45) is 3.47. The van der Waals surface area contributed by atoms with Crippen LogP contribution in [0.4, 0.5) is 5.69 Å². The van der Waals surface area contributed by atoms with Gasteiger partial charge in [0.05, 0.1) is 0 Å². The molecule has 104 valence electrons. The molecule has 2 aromatic rings. The zero-order valence-corrected chi connectivity index (χ0v) is 11.8. The summed E-state index contributed by atoms with van der Waals surface area (Å²) in [6, 6.07) is 9.27. The van der Waals surface area contributed by atoms with E-state index in [4.69, 9.17) is 5.73 Å². The Morgan fingerprint density at radius 3 is 2.60 bits per heavy atom. The first-order chi connectivity index (χ1) is 9.61. The molecule has 0 aliphatic heterocycles. The molecule has 0 unspecified atom stereocenters. The standard InChI is InChI=1S/C16H19N3O/c1-3-19(11-13-6-8-18-9-7-13)16(20)15-10-14(17)5-4-12(15)2/h4-10H,3,11,17H2,1-2H3. The molecule has 0 atom stereocenters. The lowest BCUT2D eigenvalue weighted by Crippen LogP contribution is -2.30. The Kier molecular flexibility index (Phi) is 4.35. The number of anilines is 1. The second-order valence-corrected chi connectivity index (χ2v) is 4.75. The van der Waals surface area contributed by atoms with Gasteiger partial charge in [-0.1, -0.05) is 6.07 Å². The largest absolute Gasteiger partial charge is 0.399 e. The number of hydrogen-bond donors (Lipinski definition) is 1. The number of aromatic nitrogens is 1. The number of amides is 1. The molecule has 4 nitrogen and oxygen atoms in total. The summed E-state index contributed by atoms with van der Waals surface area (Å²) in [6.45, 7) is 5.12. The van der Waals surface area contributed by atoms with Crippen LogP contribution in [0.15, 0.2) is 42.7 Å². The molecule has 1 aromatic carbocycles. The summed E-state index contributed by atoms with van der Waals surface area (Å²) >= 11 is 0. The Bertz CT molecular complexity index is 596. The molecule has 0 spiro atoms. The number of carbonyl (C=O) groups excluding carboxylic acids is 1. The Morgan fingerprint density at radius 1 is 1.25 bits per heavy atom. The van der Waals surface area contributed by atoms with Gasteiger partial charge in [-0.3, -0.25) is 9.78 Å². The van der Waals surface area contributed by atoms with E-state index in [1.165, 1.54) is 0 Å². The van der Waals surface area contributed by atoms with Crippen molar-refractivity contribution in [3.05, 3.63) is 59.4 Å². The van der Waals surface area contributed by atoms with Crippen LogP contribution in [0.2, 0.25) is 0 Å². The van der Waals surface area contributed by atoms with E-state index in [1.54, 1.807) is 23.4 Å². The summed E-state index contributed by atoms with van der Waals surface area (Å²) < 4.78 is 0. The third-order valence-electron chi connectivity index (χ3n) is 3.28.